The highest BCUT2D eigenvalue weighted by Gasteiger charge is 2.27. The summed E-state index contributed by atoms with van der Waals surface area (Å²) in [5.74, 6) is 1.38. The Bertz CT molecular complexity index is 409. The third-order valence-electron chi connectivity index (χ3n) is 2.65. The number of hydrogen-bond acceptors (Lipinski definition) is 4. The molecule has 0 radical (unpaired) electrons. The second kappa shape index (κ2) is 4.49. The van der Waals surface area contributed by atoms with Crippen LogP contribution in [0.3, 0.4) is 0 Å². The molecule has 0 aromatic heterocycles. The molecule has 0 aliphatic carbocycles. The zero-order valence-electron chi connectivity index (χ0n) is 9.21. The smallest absolute Gasteiger partial charge is 0.166 e. The van der Waals surface area contributed by atoms with E-state index >= 15 is 0 Å². The van der Waals surface area contributed by atoms with Crippen molar-refractivity contribution in [1.29, 1.82) is 0 Å². The maximum atomic E-state index is 8.73. The number of methoxy groups -OCH3 is 1. The number of halogens is 1. The predicted molar refractivity (Wildman–Crippen MR) is 60.4 cm³/mol. The zero-order chi connectivity index (χ0) is 11.7. The van der Waals surface area contributed by atoms with Gasteiger partial charge in [0.1, 0.15) is 6.10 Å². The van der Waals surface area contributed by atoms with Gasteiger partial charge in [0.15, 0.2) is 11.5 Å². The van der Waals surface area contributed by atoms with E-state index in [1.54, 1.807) is 13.2 Å². The molecule has 4 nitrogen and oxygen atoms in total. The summed E-state index contributed by atoms with van der Waals surface area (Å²) >= 11 is 6.24. The first-order chi connectivity index (χ1) is 7.67. The van der Waals surface area contributed by atoms with Gasteiger partial charge in [0, 0.05) is 18.5 Å². The van der Waals surface area contributed by atoms with Crippen LogP contribution in [0, 0.1) is 0 Å². The van der Waals surface area contributed by atoms with E-state index in [0.717, 1.165) is 23.3 Å². The van der Waals surface area contributed by atoms with Crippen molar-refractivity contribution in [3.8, 4) is 11.5 Å². The molecule has 5 heteroatoms. The second-order valence-corrected chi connectivity index (χ2v) is 4.21. The van der Waals surface area contributed by atoms with Crippen molar-refractivity contribution in [1.82, 2.24) is 5.48 Å². The highest BCUT2D eigenvalue weighted by atomic mass is 35.5. The van der Waals surface area contributed by atoms with E-state index in [1.165, 1.54) is 0 Å². The number of rotatable bonds is 3. The third kappa shape index (κ3) is 1.84. The molecule has 0 bridgehead atoms. The van der Waals surface area contributed by atoms with Gasteiger partial charge in [-0.25, -0.2) is 5.48 Å². The molecular weight excluding hydrogens is 230 g/mol. The molecule has 1 aliphatic rings. The van der Waals surface area contributed by atoms with Crippen LogP contribution in [0.25, 0.3) is 0 Å². The van der Waals surface area contributed by atoms with E-state index in [4.69, 9.17) is 26.3 Å². The van der Waals surface area contributed by atoms with Crippen LogP contribution in [0.2, 0.25) is 5.02 Å². The maximum Gasteiger partial charge on any atom is 0.166 e. The summed E-state index contributed by atoms with van der Waals surface area (Å²) in [6.45, 7) is 2.27. The maximum absolute atomic E-state index is 8.73. The lowest BCUT2D eigenvalue weighted by Crippen LogP contribution is -2.07. The second-order valence-electron chi connectivity index (χ2n) is 3.83. The lowest BCUT2D eigenvalue weighted by Gasteiger charge is -2.12. The monoisotopic (exact) mass is 243 g/mol. The first-order valence-corrected chi connectivity index (χ1v) is 5.47. The van der Waals surface area contributed by atoms with Gasteiger partial charge in [-0.3, -0.25) is 0 Å². The summed E-state index contributed by atoms with van der Waals surface area (Å²) < 4.78 is 10.9. The van der Waals surface area contributed by atoms with Gasteiger partial charge in [-0.15, -0.1) is 0 Å². The van der Waals surface area contributed by atoms with Crippen LogP contribution in [0.1, 0.15) is 18.1 Å². The standard InChI is InChI=1S/C11H14ClNO3/c1-6-3-8-10(12)7(5-13-14)4-9(15-2)11(8)16-6/h4,6,13-14H,3,5H2,1-2H3. The molecular formula is C11H14ClNO3. The molecule has 88 valence electrons. The molecule has 1 heterocycles. The summed E-state index contributed by atoms with van der Waals surface area (Å²) in [5, 5.41) is 9.37. The Labute approximate surface area is 99.1 Å². The Kier molecular flexibility index (Phi) is 3.23. The van der Waals surface area contributed by atoms with E-state index in [1.807, 2.05) is 6.92 Å². The van der Waals surface area contributed by atoms with Gasteiger partial charge in [0.05, 0.1) is 12.1 Å². The molecule has 0 saturated carbocycles. The van der Waals surface area contributed by atoms with Crippen molar-refractivity contribution in [3.05, 3.63) is 22.2 Å². The molecule has 1 atom stereocenters. The first kappa shape index (κ1) is 11.5. The molecule has 0 spiro atoms. The van der Waals surface area contributed by atoms with Gasteiger partial charge in [-0.05, 0) is 18.6 Å². The van der Waals surface area contributed by atoms with Gasteiger partial charge in [0.2, 0.25) is 0 Å². The molecule has 0 fully saturated rings. The minimum absolute atomic E-state index is 0.110. The van der Waals surface area contributed by atoms with E-state index in [-0.39, 0.29) is 12.6 Å². The summed E-state index contributed by atoms with van der Waals surface area (Å²) in [7, 11) is 1.59. The fourth-order valence-electron chi connectivity index (χ4n) is 1.94. The number of hydrogen-bond donors (Lipinski definition) is 2. The fraction of sp³-hybridized carbons (Fsp3) is 0.455. The third-order valence-corrected chi connectivity index (χ3v) is 3.12. The average molecular weight is 244 g/mol. The topological polar surface area (TPSA) is 50.7 Å². The van der Waals surface area contributed by atoms with Gasteiger partial charge < -0.3 is 14.7 Å². The highest BCUT2D eigenvalue weighted by molar-refractivity contribution is 6.32. The lowest BCUT2D eigenvalue weighted by atomic mass is 10.1. The molecule has 1 aliphatic heterocycles. The predicted octanol–water partition coefficient (Wildman–Crippen LogP) is 2.15. The Morgan fingerprint density at radius 2 is 2.44 bits per heavy atom. The molecule has 1 unspecified atom stereocenters. The molecule has 2 N–H and O–H groups in total. The number of ether oxygens (including phenoxy) is 2. The fourth-order valence-corrected chi connectivity index (χ4v) is 2.22. The molecule has 1 aromatic rings. The largest absolute Gasteiger partial charge is 0.493 e. The Hall–Kier alpha value is -0.970. The van der Waals surface area contributed by atoms with Crippen LogP contribution in [-0.2, 0) is 13.0 Å². The minimum Gasteiger partial charge on any atom is -0.493 e. The Morgan fingerprint density at radius 3 is 3.06 bits per heavy atom. The summed E-state index contributed by atoms with van der Waals surface area (Å²) in [6, 6.07) is 1.78. The SMILES string of the molecule is COc1cc(CNO)c(Cl)c2c1OC(C)C2. The quantitative estimate of drug-likeness (QED) is 0.799. The van der Waals surface area contributed by atoms with Crippen LogP contribution in [0.5, 0.6) is 11.5 Å². The summed E-state index contributed by atoms with van der Waals surface area (Å²) in [5.41, 5.74) is 3.86. The summed E-state index contributed by atoms with van der Waals surface area (Å²) in [6.07, 6.45) is 0.878. The number of hydroxylamine groups is 1. The number of nitrogens with one attached hydrogen (secondary N) is 1. The van der Waals surface area contributed by atoms with Gasteiger partial charge in [-0.1, -0.05) is 11.6 Å². The van der Waals surface area contributed by atoms with Crippen LogP contribution in [-0.4, -0.2) is 18.4 Å². The van der Waals surface area contributed by atoms with E-state index in [2.05, 4.69) is 5.48 Å². The molecule has 0 saturated heterocycles. The van der Waals surface area contributed by atoms with Crippen molar-refractivity contribution in [2.45, 2.75) is 26.0 Å². The van der Waals surface area contributed by atoms with Crippen LogP contribution >= 0.6 is 11.6 Å². The van der Waals surface area contributed by atoms with Crippen LogP contribution < -0.4 is 15.0 Å². The van der Waals surface area contributed by atoms with Crippen molar-refractivity contribution in [3.63, 3.8) is 0 Å². The molecule has 2 rings (SSSR count). The zero-order valence-corrected chi connectivity index (χ0v) is 9.97. The Balaban J connectivity index is 2.50. The van der Waals surface area contributed by atoms with Crippen LogP contribution in [0.4, 0.5) is 0 Å². The van der Waals surface area contributed by atoms with Crippen molar-refractivity contribution >= 4 is 11.6 Å². The van der Waals surface area contributed by atoms with Gasteiger partial charge in [0.25, 0.3) is 0 Å². The first-order valence-electron chi connectivity index (χ1n) is 5.09. The lowest BCUT2D eigenvalue weighted by molar-refractivity contribution is 0.161. The van der Waals surface area contributed by atoms with Gasteiger partial charge in [-0.2, -0.15) is 0 Å². The van der Waals surface area contributed by atoms with E-state index < -0.39 is 0 Å². The highest BCUT2D eigenvalue weighted by Crippen LogP contribution is 2.43. The number of fused-ring (bicyclic) bond motifs is 1. The van der Waals surface area contributed by atoms with Gasteiger partial charge >= 0.3 is 0 Å². The van der Waals surface area contributed by atoms with Crippen molar-refractivity contribution < 1.29 is 14.7 Å². The van der Waals surface area contributed by atoms with Crippen molar-refractivity contribution in [2.75, 3.05) is 7.11 Å². The molecule has 1 aromatic carbocycles. The molecule has 16 heavy (non-hydrogen) atoms. The molecule has 0 amide bonds. The normalized spacial score (nSPS) is 18.1. The summed E-state index contributed by atoms with van der Waals surface area (Å²) in [4.78, 5) is 0. The van der Waals surface area contributed by atoms with Crippen molar-refractivity contribution in [2.24, 2.45) is 0 Å². The van der Waals surface area contributed by atoms with E-state index in [9.17, 15) is 0 Å². The number of benzene rings is 1. The average Bonchev–Trinajstić information content (AvgIpc) is 2.65. The van der Waals surface area contributed by atoms with E-state index in [0.29, 0.717) is 10.8 Å². The minimum atomic E-state index is 0.110. The van der Waals surface area contributed by atoms with Crippen LogP contribution in [0.15, 0.2) is 6.07 Å². The Morgan fingerprint density at radius 1 is 1.69 bits per heavy atom.